The Morgan fingerprint density at radius 1 is 1.41 bits per heavy atom. The van der Waals surface area contributed by atoms with E-state index >= 15 is 0 Å². The zero-order valence-electron chi connectivity index (χ0n) is 14.8. The molecule has 154 valence electrons. The summed E-state index contributed by atoms with van der Waals surface area (Å²) >= 11 is 4.29. The van der Waals surface area contributed by atoms with Crippen molar-refractivity contribution in [3.05, 3.63) is 15.9 Å². The molecule has 1 aromatic rings. The Bertz CT molecular complexity index is 752. The number of rotatable bonds is 7. The first kappa shape index (κ1) is 22.6. The van der Waals surface area contributed by atoms with Crippen molar-refractivity contribution in [2.75, 3.05) is 26.2 Å². The third-order valence-electron chi connectivity index (χ3n) is 4.34. The van der Waals surface area contributed by atoms with Crippen molar-refractivity contribution in [1.82, 2.24) is 9.21 Å². The normalized spacial score (nSPS) is 19.2. The highest BCUT2D eigenvalue weighted by molar-refractivity contribution is 9.11. The van der Waals surface area contributed by atoms with Gasteiger partial charge in [-0.1, -0.05) is 13.3 Å². The van der Waals surface area contributed by atoms with Crippen LogP contribution in [0.4, 0.5) is 13.2 Å². The van der Waals surface area contributed by atoms with E-state index in [1.165, 1.54) is 10.4 Å². The highest BCUT2D eigenvalue weighted by Crippen LogP contribution is 2.31. The van der Waals surface area contributed by atoms with Crippen molar-refractivity contribution in [3.63, 3.8) is 0 Å². The van der Waals surface area contributed by atoms with E-state index in [1.807, 2.05) is 6.92 Å². The van der Waals surface area contributed by atoms with Gasteiger partial charge in [-0.3, -0.25) is 4.79 Å². The number of carbonyl (C=O) groups is 1. The van der Waals surface area contributed by atoms with Gasteiger partial charge < -0.3 is 4.90 Å². The topological polar surface area (TPSA) is 57.7 Å². The van der Waals surface area contributed by atoms with Gasteiger partial charge in [-0.15, -0.1) is 11.3 Å². The van der Waals surface area contributed by atoms with Gasteiger partial charge in [0.15, 0.2) is 0 Å². The maximum absolute atomic E-state index is 12.8. The molecule has 2 rings (SSSR count). The first-order valence-electron chi connectivity index (χ1n) is 8.65. The summed E-state index contributed by atoms with van der Waals surface area (Å²) in [6.07, 6.45) is -2.51. The molecule has 0 aromatic carbocycles. The number of alkyl halides is 3. The minimum absolute atomic E-state index is 0.0238. The fourth-order valence-electron chi connectivity index (χ4n) is 3.02. The van der Waals surface area contributed by atoms with Gasteiger partial charge in [0.05, 0.1) is 9.70 Å². The smallest absolute Gasteiger partial charge is 0.333 e. The fraction of sp³-hybridized carbons (Fsp3) is 0.688. The molecule has 11 heteroatoms. The number of sulfonamides is 1. The standard InChI is InChI=1S/C16H22BrF3N2O3S2/c1-2-3-8-21(11-16(18,19)20)15(23)12-5-4-9-22(10-12)27(24,25)14-7-6-13(17)26-14/h6-7,12H,2-5,8-11H2,1H3. The average Bonchev–Trinajstić information content (AvgIpc) is 3.04. The van der Waals surface area contributed by atoms with Gasteiger partial charge >= 0.3 is 6.18 Å². The van der Waals surface area contributed by atoms with E-state index in [2.05, 4.69) is 15.9 Å². The highest BCUT2D eigenvalue weighted by Gasteiger charge is 2.39. The maximum Gasteiger partial charge on any atom is 0.406 e. The molecule has 0 saturated carbocycles. The molecule has 0 bridgehead atoms. The first-order chi connectivity index (χ1) is 12.5. The van der Waals surface area contributed by atoms with Gasteiger partial charge in [-0.25, -0.2) is 8.42 Å². The Morgan fingerprint density at radius 3 is 2.67 bits per heavy atom. The van der Waals surface area contributed by atoms with Crippen molar-refractivity contribution >= 4 is 43.2 Å². The van der Waals surface area contributed by atoms with Crippen LogP contribution >= 0.6 is 27.3 Å². The monoisotopic (exact) mass is 490 g/mol. The molecule has 0 radical (unpaired) electrons. The number of unbranched alkanes of at least 4 members (excludes halogenated alkanes) is 1. The number of hydrogen-bond acceptors (Lipinski definition) is 4. The molecule has 0 aliphatic carbocycles. The molecule has 1 aromatic heterocycles. The van der Waals surface area contributed by atoms with E-state index in [4.69, 9.17) is 0 Å². The maximum atomic E-state index is 12.8. The summed E-state index contributed by atoms with van der Waals surface area (Å²) < 4.78 is 66.1. The molecular weight excluding hydrogens is 469 g/mol. The third kappa shape index (κ3) is 6.16. The predicted octanol–water partition coefficient (Wildman–Crippen LogP) is 4.10. The molecule has 1 aliphatic heterocycles. The zero-order valence-corrected chi connectivity index (χ0v) is 18.1. The highest BCUT2D eigenvalue weighted by atomic mass is 79.9. The van der Waals surface area contributed by atoms with Crippen LogP contribution in [0.3, 0.4) is 0 Å². The van der Waals surface area contributed by atoms with Crippen LogP contribution in [0.25, 0.3) is 0 Å². The largest absolute Gasteiger partial charge is 0.406 e. The summed E-state index contributed by atoms with van der Waals surface area (Å²) in [4.78, 5) is 13.5. The van der Waals surface area contributed by atoms with Crippen molar-refractivity contribution in [2.45, 2.75) is 43.0 Å². The SMILES string of the molecule is CCCCN(CC(F)(F)F)C(=O)C1CCCN(S(=O)(=O)c2ccc(Br)s2)C1. The minimum atomic E-state index is -4.48. The summed E-state index contributed by atoms with van der Waals surface area (Å²) in [5.41, 5.74) is 0. The van der Waals surface area contributed by atoms with Gasteiger partial charge in [0.1, 0.15) is 10.8 Å². The number of carbonyl (C=O) groups excluding carboxylic acids is 1. The molecule has 1 saturated heterocycles. The van der Waals surface area contributed by atoms with Gasteiger partial charge in [-0.05, 0) is 47.3 Å². The molecule has 1 unspecified atom stereocenters. The minimum Gasteiger partial charge on any atom is -0.333 e. The van der Waals surface area contributed by atoms with Crippen LogP contribution in [0, 0.1) is 5.92 Å². The molecule has 0 N–H and O–H groups in total. The lowest BCUT2D eigenvalue weighted by atomic mass is 9.98. The van der Waals surface area contributed by atoms with Gasteiger partial charge in [0.25, 0.3) is 10.0 Å². The quantitative estimate of drug-likeness (QED) is 0.577. The van der Waals surface area contributed by atoms with Crippen LogP contribution in [0.15, 0.2) is 20.1 Å². The summed E-state index contributed by atoms with van der Waals surface area (Å²) in [6, 6.07) is 3.10. The second-order valence-corrected chi connectivity index (χ2v) is 11.1. The second kappa shape index (κ2) is 9.23. The van der Waals surface area contributed by atoms with E-state index in [0.717, 1.165) is 16.2 Å². The Hall–Kier alpha value is -0.650. The van der Waals surface area contributed by atoms with Gasteiger partial charge in [0, 0.05) is 19.6 Å². The molecule has 1 atom stereocenters. The molecule has 1 amide bonds. The van der Waals surface area contributed by atoms with Gasteiger partial charge in [-0.2, -0.15) is 17.5 Å². The number of hydrogen-bond donors (Lipinski definition) is 0. The molecule has 2 heterocycles. The van der Waals surface area contributed by atoms with E-state index in [1.54, 1.807) is 6.07 Å². The average molecular weight is 491 g/mol. The van der Waals surface area contributed by atoms with Crippen LogP contribution in [-0.4, -0.2) is 55.9 Å². The second-order valence-electron chi connectivity index (χ2n) is 6.49. The van der Waals surface area contributed by atoms with E-state index < -0.39 is 34.6 Å². The van der Waals surface area contributed by atoms with E-state index in [-0.39, 0.29) is 23.8 Å². The third-order valence-corrected chi connectivity index (χ3v) is 8.30. The van der Waals surface area contributed by atoms with Crippen molar-refractivity contribution in [2.24, 2.45) is 5.92 Å². The lowest BCUT2D eigenvalue weighted by molar-refractivity contribution is -0.164. The van der Waals surface area contributed by atoms with E-state index in [0.29, 0.717) is 29.5 Å². The van der Waals surface area contributed by atoms with Crippen LogP contribution in [0.5, 0.6) is 0 Å². The molecule has 1 aliphatic rings. The number of nitrogens with zero attached hydrogens (tertiary/aromatic N) is 2. The Labute approximate surface area is 169 Å². The summed E-state index contributed by atoms with van der Waals surface area (Å²) in [6.45, 7) is 0.736. The fourth-order valence-corrected chi connectivity index (χ4v) is 6.70. The molecule has 5 nitrogen and oxygen atoms in total. The number of amides is 1. The Balaban J connectivity index is 2.14. The molecular formula is C16H22BrF3N2O3S2. The summed E-state index contributed by atoms with van der Waals surface area (Å²) in [5.74, 6) is -1.37. The Morgan fingerprint density at radius 2 is 2.11 bits per heavy atom. The number of halogens is 4. The van der Waals surface area contributed by atoms with E-state index in [9.17, 15) is 26.4 Å². The lowest BCUT2D eigenvalue weighted by Gasteiger charge is -2.34. The zero-order chi connectivity index (χ0) is 20.2. The summed E-state index contributed by atoms with van der Waals surface area (Å²) in [7, 11) is -3.76. The first-order valence-corrected chi connectivity index (χ1v) is 11.7. The van der Waals surface area contributed by atoms with Crippen molar-refractivity contribution < 1.29 is 26.4 Å². The molecule has 27 heavy (non-hydrogen) atoms. The predicted molar refractivity (Wildman–Crippen MR) is 101 cm³/mol. The van der Waals surface area contributed by atoms with Crippen LogP contribution in [0.2, 0.25) is 0 Å². The van der Waals surface area contributed by atoms with Crippen molar-refractivity contribution in [3.8, 4) is 0 Å². The Kier molecular flexibility index (Phi) is 7.74. The van der Waals surface area contributed by atoms with Crippen molar-refractivity contribution in [1.29, 1.82) is 0 Å². The van der Waals surface area contributed by atoms with Crippen LogP contribution < -0.4 is 0 Å². The van der Waals surface area contributed by atoms with Gasteiger partial charge in [0.2, 0.25) is 5.91 Å². The number of thiophene rings is 1. The van der Waals surface area contributed by atoms with Crippen LogP contribution in [-0.2, 0) is 14.8 Å². The lowest BCUT2D eigenvalue weighted by Crippen LogP contribution is -2.48. The summed E-state index contributed by atoms with van der Waals surface area (Å²) in [5, 5.41) is 0. The molecule has 1 fully saturated rings. The van der Waals surface area contributed by atoms with Crippen LogP contribution in [0.1, 0.15) is 32.6 Å². The number of piperidine rings is 1. The molecule has 0 spiro atoms.